The molecule has 0 saturated carbocycles. The first-order valence-corrected chi connectivity index (χ1v) is 9.02. The Hall–Kier alpha value is -3.19. The number of benzene rings is 2. The number of ether oxygens (including phenoxy) is 1. The van der Waals surface area contributed by atoms with Crippen molar-refractivity contribution >= 4 is 23.5 Å². The van der Waals surface area contributed by atoms with Gasteiger partial charge in [0.15, 0.2) is 6.61 Å². The van der Waals surface area contributed by atoms with Crippen molar-refractivity contribution < 1.29 is 14.3 Å². The number of nitrogens with zero attached hydrogens (tertiary/aromatic N) is 3. The highest BCUT2D eigenvalue weighted by molar-refractivity contribution is 6.30. The van der Waals surface area contributed by atoms with E-state index in [0.29, 0.717) is 17.1 Å². The highest BCUT2D eigenvalue weighted by Gasteiger charge is 2.13. The standard InChI is InChI=1S/C20H19ClN4O3/c1-14(17-3-2-4-18(21)9-17)24-19(26)11-28-20(27)16-7-5-15(6-8-16)10-25-13-22-12-23-25/h2-9,12-14H,10-11H2,1H3,(H,24,26)/t14-/m0/s1. The number of carbonyl (C=O) groups excluding carboxylic acids is 2. The topological polar surface area (TPSA) is 86.1 Å². The van der Waals surface area contributed by atoms with E-state index in [9.17, 15) is 9.59 Å². The molecule has 144 valence electrons. The van der Waals surface area contributed by atoms with Gasteiger partial charge in [-0.05, 0) is 42.3 Å². The highest BCUT2D eigenvalue weighted by Crippen LogP contribution is 2.17. The van der Waals surface area contributed by atoms with Gasteiger partial charge in [-0.2, -0.15) is 5.10 Å². The molecule has 28 heavy (non-hydrogen) atoms. The summed E-state index contributed by atoms with van der Waals surface area (Å²) in [6.45, 7) is 2.03. The maximum Gasteiger partial charge on any atom is 0.338 e. The Balaban J connectivity index is 1.48. The van der Waals surface area contributed by atoms with Crippen molar-refractivity contribution in [1.82, 2.24) is 20.1 Å². The zero-order chi connectivity index (χ0) is 19.9. The fourth-order valence-corrected chi connectivity index (χ4v) is 2.80. The SMILES string of the molecule is C[C@H](NC(=O)COC(=O)c1ccc(Cn2cncn2)cc1)c1cccc(Cl)c1. The summed E-state index contributed by atoms with van der Waals surface area (Å²) in [6, 6.07) is 13.9. The summed E-state index contributed by atoms with van der Waals surface area (Å²) in [5.74, 6) is -0.943. The molecule has 0 fully saturated rings. The second-order valence-electron chi connectivity index (χ2n) is 6.21. The van der Waals surface area contributed by atoms with Crippen LogP contribution in [0.2, 0.25) is 5.02 Å². The van der Waals surface area contributed by atoms with Gasteiger partial charge in [0.2, 0.25) is 0 Å². The molecule has 2 aromatic carbocycles. The Kier molecular flexibility index (Phi) is 6.39. The van der Waals surface area contributed by atoms with Crippen molar-refractivity contribution in [1.29, 1.82) is 0 Å². The predicted molar refractivity (Wildman–Crippen MR) is 104 cm³/mol. The Labute approximate surface area is 167 Å². The highest BCUT2D eigenvalue weighted by atomic mass is 35.5. The molecular weight excluding hydrogens is 380 g/mol. The number of rotatable bonds is 7. The Morgan fingerprint density at radius 3 is 2.68 bits per heavy atom. The van der Waals surface area contributed by atoms with Crippen LogP contribution < -0.4 is 5.32 Å². The summed E-state index contributed by atoms with van der Waals surface area (Å²) in [6.07, 6.45) is 3.08. The summed E-state index contributed by atoms with van der Waals surface area (Å²) >= 11 is 5.96. The van der Waals surface area contributed by atoms with Crippen LogP contribution in [0.5, 0.6) is 0 Å². The molecule has 0 bridgehead atoms. The monoisotopic (exact) mass is 398 g/mol. The zero-order valence-electron chi connectivity index (χ0n) is 15.2. The third-order valence-corrected chi connectivity index (χ3v) is 4.30. The molecule has 0 saturated heterocycles. The first kappa shape index (κ1) is 19.6. The van der Waals surface area contributed by atoms with E-state index in [4.69, 9.17) is 16.3 Å². The largest absolute Gasteiger partial charge is 0.452 e. The minimum atomic E-state index is -0.558. The maximum absolute atomic E-state index is 12.1. The smallest absolute Gasteiger partial charge is 0.338 e. The number of hydrogen-bond donors (Lipinski definition) is 1. The average molecular weight is 399 g/mol. The van der Waals surface area contributed by atoms with Crippen molar-refractivity contribution in [2.24, 2.45) is 0 Å². The first-order valence-electron chi connectivity index (χ1n) is 8.64. The van der Waals surface area contributed by atoms with Gasteiger partial charge in [0.1, 0.15) is 12.7 Å². The fourth-order valence-electron chi connectivity index (χ4n) is 2.60. The van der Waals surface area contributed by atoms with Gasteiger partial charge >= 0.3 is 5.97 Å². The van der Waals surface area contributed by atoms with E-state index in [1.165, 1.54) is 6.33 Å². The molecule has 0 unspecified atom stereocenters. The number of halogens is 1. The molecule has 1 heterocycles. The van der Waals surface area contributed by atoms with Crippen molar-refractivity contribution in [3.63, 3.8) is 0 Å². The van der Waals surface area contributed by atoms with Crippen molar-refractivity contribution in [2.75, 3.05) is 6.61 Å². The van der Waals surface area contributed by atoms with Gasteiger partial charge in [0, 0.05) is 5.02 Å². The van der Waals surface area contributed by atoms with E-state index in [1.54, 1.807) is 47.4 Å². The molecular formula is C20H19ClN4O3. The van der Waals surface area contributed by atoms with Crippen molar-refractivity contribution in [3.05, 3.63) is 82.9 Å². The van der Waals surface area contributed by atoms with Crippen LogP contribution in [-0.2, 0) is 16.1 Å². The fraction of sp³-hybridized carbons (Fsp3) is 0.200. The van der Waals surface area contributed by atoms with Crippen LogP contribution in [0.3, 0.4) is 0 Å². The van der Waals surface area contributed by atoms with E-state index < -0.39 is 5.97 Å². The molecule has 7 nitrogen and oxygen atoms in total. The molecule has 0 aliphatic rings. The molecule has 0 spiro atoms. The van der Waals surface area contributed by atoms with Gasteiger partial charge in [-0.1, -0.05) is 35.9 Å². The lowest BCUT2D eigenvalue weighted by Crippen LogP contribution is -2.31. The summed E-state index contributed by atoms with van der Waals surface area (Å²) in [5, 5.41) is 7.40. The van der Waals surface area contributed by atoms with Gasteiger partial charge in [-0.3, -0.25) is 4.79 Å². The van der Waals surface area contributed by atoms with Gasteiger partial charge in [0.05, 0.1) is 18.2 Å². The minimum absolute atomic E-state index is 0.249. The molecule has 8 heteroatoms. The van der Waals surface area contributed by atoms with E-state index in [2.05, 4.69) is 15.4 Å². The van der Waals surface area contributed by atoms with Crippen LogP contribution in [0.15, 0.2) is 61.2 Å². The van der Waals surface area contributed by atoms with E-state index in [1.807, 2.05) is 19.1 Å². The summed E-state index contributed by atoms with van der Waals surface area (Å²) in [4.78, 5) is 28.1. The molecule has 1 N–H and O–H groups in total. The number of carbonyl (C=O) groups is 2. The molecule has 1 atom stereocenters. The van der Waals surface area contributed by atoms with Crippen LogP contribution in [0, 0.1) is 0 Å². The van der Waals surface area contributed by atoms with Crippen LogP contribution >= 0.6 is 11.6 Å². The zero-order valence-corrected chi connectivity index (χ0v) is 16.0. The van der Waals surface area contributed by atoms with Gasteiger partial charge in [-0.25, -0.2) is 14.5 Å². The van der Waals surface area contributed by atoms with Gasteiger partial charge in [-0.15, -0.1) is 0 Å². The Bertz CT molecular complexity index is 942. The molecule has 3 aromatic rings. The number of aromatic nitrogens is 3. The summed E-state index contributed by atoms with van der Waals surface area (Å²) < 4.78 is 6.77. The quantitative estimate of drug-likeness (QED) is 0.618. The lowest BCUT2D eigenvalue weighted by Gasteiger charge is -2.14. The van der Waals surface area contributed by atoms with E-state index >= 15 is 0 Å². The second kappa shape index (κ2) is 9.14. The van der Waals surface area contributed by atoms with Gasteiger partial charge < -0.3 is 10.1 Å². The molecule has 0 radical (unpaired) electrons. The van der Waals surface area contributed by atoms with Crippen LogP contribution in [-0.4, -0.2) is 33.2 Å². The average Bonchev–Trinajstić information content (AvgIpc) is 3.19. The predicted octanol–water partition coefficient (Wildman–Crippen LogP) is 3.01. The van der Waals surface area contributed by atoms with E-state index in [0.717, 1.165) is 11.1 Å². The van der Waals surface area contributed by atoms with E-state index in [-0.39, 0.29) is 18.6 Å². The normalized spacial score (nSPS) is 11.6. The van der Waals surface area contributed by atoms with Crippen molar-refractivity contribution in [3.8, 4) is 0 Å². The summed E-state index contributed by atoms with van der Waals surface area (Å²) in [5.41, 5.74) is 2.21. The lowest BCUT2D eigenvalue weighted by atomic mass is 10.1. The van der Waals surface area contributed by atoms with Gasteiger partial charge in [0.25, 0.3) is 5.91 Å². The second-order valence-corrected chi connectivity index (χ2v) is 6.65. The molecule has 0 aliphatic heterocycles. The van der Waals surface area contributed by atoms with Crippen LogP contribution in [0.25, 0.3) is 0 Å². The third kappa shape index (κ3) is 5.40. The minimum Gasteiger partial charge on any atom is -0.452 e. The molecule has 0 aliphatic carbocycles. The maximum atomic E-state index is 12.1. The molecule has 1 amide bonds. The molecule has 1 aromatic heterocycles. The number of nitrogens with one attached hydrogen (secondary N) is 1. The Morgan fingerprint density at radius 1 is 1.21 bits per heavy atom. The van der Waals surface area contributed by atoms with Crippen LogP contribution in [0.4, 0.5) is 0 Å². The molecule has 3 rings (SSSR count). The summed E-state index contributed by atoms with van der Waals surface area (Å²) in [7, 11) is 0. The Morgan fingerprint density at radius 2 is 2.00 bits per heavy atom. The lowest BCUT2D eigenvalue weighted by molar-refractivity contribution is -0.124. The van der Waals surface area contributed by atoms with Crippen molar-refractivity contribution in [2.45, 2.75) is 19.5 Å². The number of esters is 1. The number of amides is 1. The number of hydrogen-bond acceptors (Lipinski definition) is 5. The first-order chi connectivity index (χ1) is 13.5. The van der Waals surface area contributed by atoms with Crippen LogP contribution in [0.1, 0.15) is 34.5 Å². The third-order valence-electron chi connectivity index (χ3n) is 4.06.